The van der Waals surface area contributed by atoms with Crippen LogP contribution in [0, 0.1) is 0 Å². The molecule has 8 nitrogen and oxygen atoms in total. The molecule has 0 radical (unpaired) electrons. The third-order valence-electron chi connectivity index (χ3n) is 4.71. The second kappa shape index (κ2) is 7.40. The Morgan fingerprint density at radius 1 is 1.37 bits per heavy atom. The van der Waals surface area contributed by atoms with Crippen LogP contribution >= 0.6 is 0 Å². The minimum absolute atomic E-state index is 0.277. The van der Waals surface area contributed by atoms with Gasteiger partial charge in [0.15, 0.2) is 5.69 Å². The average molecular weight is 369 g/mol. The molecule has 3 aromatic rings. The monoisotopic (exact) mass is 369 g/mol. The first kappa shape index (κ1) is 17.5. The number of aromatic nitrogens is 4. The normalized spacial score (nSPS) is 15.2. The summed E-state index contributed by atoms with van der Waals surface area (Å²) < 4.78 is 14.7. The highest BCUT2D eigenvalue weighted by Crippen LogP contribution is 2.30. The lowest BCUT2D eigenvalue weighted by molar-refractivity contribution is 0.0846. The first-order valence-electron chi connectivity index (χ1n) is 9.18. The Bertz CT molecular complexity index is 956. The zero-order valence-corrected chi connectivity index (χ0v) is 15.5. The zero-order valence-electron chi connectivity index (χ0n) is 15.5. The van der Waals surface area contributed by atoms with E-state index in [1.54, 1.807) is 24.0 Å². The van der Waals surface area contributed by atoms with Crippen LogP contribution in [-0.2, 0) is 11.8 Å². The van der Waals surface area contributed by atoms with Gasteiger partial charge < -0.3 is 19.2 Å². The van der Waals surface area contributed by atoms with Crippen molar-refractivity contribution >= 4 is 17.2 Å². The number of nitrogens with zero attached hydrogens (tertiary/aromatic N) is 4. The zero-order chi connectivity index (χ0) is 18.8. The average Bonchev–Trinajstić information content (AvgIpc) is 3.29. The number of hydrogen-bond donors (Lipinski definition) is 1. The van der Waals surface area contributed by atoms with Crippen LogP contribution in [-0.4, -0.2) is 44.9 Å². The number of fused-ring (bicyclic) bond motifs is 1. The predicted molar refractivity (Wildman–Crippen MR) is 100 cm³/mol. The summed E-state index contributed by atoms with van der Waals surface area (Å²) in [5.41, 5.74) is 2.80. The number of carbonyl (C=O) groups excluding carboxylic acids is 1. The predicted octanol–water partition coefficient (Wildman–Crippen LogP) is 2.61. The Hall–Kier alpha value is -2.87. The van der Waals surface area contributed by atoms with Crippen molar-refractivity contribution in [2.75, 3.05) is 25.1 Å². The van der Waals surface area contributed by atoms with E-state index in [1.165, 1.54) is 0 Å². The Morgan fingerprint density at radius 3 is 2.89 bits per heavy atom. The lowest BCUT2D eigenvalue weighted by atomic mass is 9.97. The Morgan fingerprint density at radius 2 is 2.19 bits per heavy atom. The van der Waals surface area contributed by atoms with E-state index in [0.717, 1.165) is 37.4 Å². The highest BCUT2D eigenvalue weighted by atomic mass is 16.5. The molecule has 0 aromatic carbocycles. The van der Waals surface area contributed by atoms with Crippen LogP contribution in [0.4, 0.5) is 5.69 Å². The van der Waals surface area contributed by atoms with Gasteiger partial charge in [0.1, 0.15) is 17.1 Å². The van der Waals surface area contributed by atoms with Gasteiger partial charge in [0.2, 0.25) is 0 Å². The standard InChI is InChI=1S/C19H23N5O3/c1-3-27-17-10-18-20-15(13-5-8-26-9-6-13)11-24(18)12-16(17)21-19(25)14-4-7-23(2)22-14/h4,7,10-13H,3,5-6,8-9H2,1-2H3,(H,21,25). The van der Waals surface area contributed by atoms with Crippen molar-refractivity contribution in [2.45, 2.75) is 25.7 Å². The molecule has 1 fully saturated rings. The van der Waals surface area contributed by atoms with E-state index in [1.807, 2.05) is 29.8 Å². The van der Waals surface area contributed by atoms with Crippen molar-refractivity contribution in [3.63, 3.8) is 0 Å². The summed E-state index contributed by atoms with van der Waals surface area (Å²) in [7, 11) is 1.78. The van der Waals surface area contributed by atoms with Gasteiger partial charge in [-0.2, -0.15) is 5.10 Å². The number of anilines is 1. The summed E-state index contributed by atoms with van der Waals surface area (Å²) in [6, 6.07) is 3.54. The van der Waals surface area contributed by atoms with E-state index in [9.17, 15) is 4.79 Å². The fourth-order valence-electron chi connectivity index (χ4n) is 3.32. The second-order valence-electron chi connectivity index (χ2n) is 6.63. The Labute approximate surface area is 157 Å². The van der Waals surface area contributed by atoms with Crippen molar-refractivity contribution in [1.82, 2.24) is 19.2 Å². The number of aryl methyl sites for hydroxylation is 1. The van der Waals surface area contributed by atoms with Gasteiger partial charge in [0, 0.05) is 50.8 Å². The van der Waals surface area contributed by atoms with Crippen molar-refractivity contribution in [3.05, 3.63) is 42.1 Å². The molecule has 27 heavy (non-hydrogen) atoms. The molecule has 1 aliphatic rings. The lowest BCUT2D eigenvalue weighted by Crippen LogP contribution is -2.14. The summed E-state index contributed by atoms with van der Waals surface area (Å²) >= 11 is 0. The van der Waals surface area contributed by atoms with Crippen molar-refractivity contribution < 1.29 is 14.3 Å². The number of imidazole rings is 1. The van der Waals surface area contributed by atoms with Crippen LogP contribution in [0.2, 0.25) is 0 Å². The topological polar surface area (TPSA) is 82.7 Å². The molecule has 0 atom stereocenters. The van der Waals surface area contributed by atoms with E-state index in [0.29, 0.717) is 29.7 Å². The fourth-order valence-corrected chi connectivity index (χ4v) is 3.32. The molecule has 3 aromatic heterocycles. The fraction of sp³-hybridized carbons (Fsp3) is 0.421. The van der Waals surface area contributed by atoms with Crippen molar-refractivity contribution in [2.24, 2.45) is 7.05 Å². The summed E-state index contributed by atoms with van der Waals surface area (Å²) in [5.74, 6) is 0.722. The van der Waals surface area contributed by atoms with Gasteiger partial charge in [-0.1, -0.05) is 0 Å². The van der Waals surface area contributed by atoms with Gasteiger partial charge in [-0.3, -0.25) is 9.48 Å². The first-order chi connectivity index (χ1) is 13.1. The number of nitrogens with one attached hydrogen (secondary N) is 1. The molecule has 1 aliphatic heterocycles. The van der Waals surface area contributed by atoms with Gasteiger partial charge in [-0.25, -0.2) is 4.98 Å². The smallest absolute Gasteiger partial charge is 0.276 e. The van der Waals surface area contributed by atoms with Gasteiger partial charge in [0.25, 0.3) is 5.91 Å². The molecule has 0 bridgehead atoms. The number of pyridine rings is 1. The third kappa shape index (κ3) is 3.66. The Balaban J connectivity index is 1.65. The van der Waals surface area contributed by atoms with Crippen LogP contribution in [0.25, 0.3) is 5.65 Å². The maximum absolute atomic E-state index is 12.5. The molecule has 142 valence electrons. The molecule has 0 aliphatic carbocycles. The molecule has 1 N–H and O–H groups in total. The van der Waals surface area contributed by atoms with Crippen molar-refractivity contribution in [3.8, 4) is 5.75 Å². The SMILES string of the molecule is CCOc1cc2nc(C3CCOCC3)cn2cc1NC(=O)c1ccn(C)n1. The van der Waals surface area contributed by atoms with Crippen LogP contribution in [0.3, 0.4) is 0 Å². The van der Waals surface area contributed by atoms with Crippen LogP contribution in [0.15, 0.2) is 30.7 Å². The minimum atomic E-state index is -0.277. The maximum atomic E-state index is 12.5. The highest BCUT2D eigenvalue weighted by molar-refractivity contribution is 6.03. The highest BCUT2D eigenvalue weighted by Gasteiger charge is 2.20. The molecule has 1 amide bonds. The Kier molecular flexibility index (Phi) is 4.81. The second-order valence-corrected chi connectivity index (χ2v) is 6.63. The quantitative estimate of drug-likeness (QED) is 0.747. The number of amides is 1. The summed E-state index contributed by atoms with van der Waals surface area (Å²) in [6.45, 7) is 3.95. The summed E-state index contributed by atoms with van der Waals surface area (Å²) in [5, 5.41) is 7.04. The lowest BCUT2D eigenvalue weighted by Gasteiger charge is -2.19. The molecule has 8 heteroatoms. The summed E-state index contributed by atoms with van der Waals surface area (Å²) in [6.07, 6.45) is 7.56. The third-order valence-corrected chi connectivity index (χ3v) is 4.71. The van der Waals surface area contributed by atoms with E-state index < -0.39 is 0 Å². The van der Waals surface area contributed by atoms with Gasteiger partial charge >= 0.3 is 0 Å². The number of hydrogen-bond acceptors (Lipinski definition) is 5. The molecule has 1 saturated heterocycles. The van der Waals surface area contributed by atoms with E-state index >= 15 is 0 Å². The summed E-state index contributed by atoms with van der Waals surface area (Å²) in [4.78, 5) is 17.3. The van der Waals surface area contributed by atoms with Gasteiger partial charge in [-0.05, 0) is 25.8 Å². The molecule has 4 heterocycles. The largest absolute Gasteiger partial charge is 0.491 e. The van der Waals surface area contributed by atoms with E-state index in [-0.39, 0.29) is 5.91 Å². The minimum Gasteiger partial charge on any atom is -0.491 e. The molecule has 0 saturated carbocycles. The van der Waals surface area contributed by atoms with E-state index in [2.05, 4.69) is 10.4 Å². The molecular weight excluding hydrogens is 346 g/mol. The van der Waals surface area contributed by atoms with Gasteiger partial charge in [-0.15, -0.1) is 0 Å². The molecule has 0 spiro atoms. The number of ether oxygens (including phenoxy) is 2. The first-order valence-corrected chi connectivity index (χ1v) is 9.18. The number of rotatable bonds is 5. The number of carbonyl (C=O) groups is 1. The van der Waals surface area contributed by atoms with Crippen LogP contribution in [0.5, 0.6) is 5.75 Å². The molecule has 4 rings (SSSR count). The van der Waals surface area contributed by atoms with Crippen molar-refractivity contribution in [1.29, 1.82) is 0 Å². The molecular formula is C19H23N5O3. The van der Waals surface area contributed by atoms with Gasteiger partial charge in [0.05, 0.1) is 12.3 Å². The van der Waals surface area contributed by atoms with Crippen LogP contribution in [0.1, 0.15) is 41.9 Å². The maximum Gasteiger partial charge on any atom is 0.276 e. The molecule has 0 unspecified atom stereocenters. The van der Waals surface area contributed by atoms with E-state index in [4.69, 9.17) is 14.5 Å². The van der Waals surface area contributed by atoms with Crippen LogP contribution < -0.4 is 10.1 Å².